The number of hydrogen-bond donors (Lipinski definition) is 1. The smallest absolute Gasteiger partial charge is 0.0471 e. The molecule has 0 atom stereocenters. The highest BCUT2D eigenvalue weighted by molar-refractivity contribution is 6.31. The maximum Gasteiger partial charge on any atom is 0.0471 e. The molecule has 0 aromatic heterocycles. The molecule has 0 amide bonds. The van der Waals surface area contributed by atoms with Gasteiger partial charge in [-0.25, -0.2) is 0 Å². The summed E-state index contributed by atoms with van der Waals surface area (Å²) in [5, 5.41) is 4.36. The Kier molecular flexibility index (Phi) is 6.34. The van der Waals surface area contributed by atoms with Crippen molar-refractivity contribution in [2.45, 2.75) is 39.8 Å². The minimum atomic E-state index is 0.468. The van der Waals surface area contributed by atoms with Crippen molar-refractivity contribution in [2.75, 3.05) is 37.6 Å². The van der Waals surface area contributed by atoms with Crippen LogP contribution in [0, 0.1) is 0 Å². The third-order valence-corrected chi connectivity index (χ3v) is 4.39. The number of nitrogens with one attached hydrogen (secondary N) is 1. The number of piperazine rings is 1. The zero-order chi connectivity index (χ0) is 15.2. The first-order valence-corrected chi connectivity index (χ1v) is 8.47. The third kappa shape index (κ3) is 4.60. The molecule has 1 saturated heterocycles. The van der Waals surface area contributed by atoms with E-state index in [4.69, 9.17) is 11.6 Å². The van der Waals surface area contributed by atoms with E-state index in [-0.39, 0.29) is 0 Å². The van der Waals surface area contributed by atoms with E-state index in [2.05, 4.69) is 48.0 Å². The summed E-state index contributed by atoms with van der Waals surface area (Å²) in [5.41, 5.74) is 2.53. The van der Waals surface area contributed by atoms with Crippen LogP contribution in [0.5, 0.6) is 0 Å². The zero-order valence-electron chi connectivity index (χ0n) is 13.5. The molecule has 1 N–H and O–H groups in total. The normalized spacial score (nSPS) is 16.7. The molecule has 1 aromatic rings. The molecular formula is C17H28ClN3. The van der Waals surface area contributed by atoms with E-state index in [1.165, 1.54) is 24.2 Å². The van der Waals surface area contributed by atoms with Crippen molar-refractivity contribution in [2.24, 2.45) is 0 Å². The van der Waals surface area contributed by atoms with Crippen molar-refractivity contribution in [1.82, 2.24) is 10.2 Å². The van der Waals surface area contributed by atoms with Crippen LogP contribution in [0.15, 0.2) is 18.2 Å². The predicted molar refractivity (Wildman–Crippen MR) is 92.4 cm³/mol. The van der Waals surface area contributed by atoms with Gasteiger partial charge in [-0.2, -0.15) is 0 Å². The fraction of sp³-hybridized carbons (Fsp3) is 0.647. The molecule has 1 aliphatic rings. The first-order valence-electron chi connectivity index (χ1n) is 8.10. The molecule has 1 aromatic carbocycles. The molecule has 0 aliphatic carbocycles. The van der Waals surface area contributed by atoms with Crippen molar-refractivity contribution in [3.8, 4) is 0 Å². The van der Waals surface area contributed by atoms with Crippen LogP contribution in [-0.4, -0.2) is 43.7 Å². The van der Waals surface area contributed by atoms with Gasteiger partial charge in [0.1, 0.15) is 0 Å². The van der Waals surface area contributed by atoms with Crippen LogP contribution in [0.3, 0.4) is 0 Å². The number of hydrogen-bond acceptors (Lipinski definition) is 3. The van der Waals surface area contributed by atoms with Gasteiger partial charge < -0.3 is 10.2 Å². The summed E-state index contributed by atoms with van der Waals surface area (Å²) >= 11 is 6.43. The van der Waals surface area contributed by atoms with Crippen molar-refractivity contribution in [3.05, 3.63) is 28.8 Å². The monoisotopic (exact) mass is 309 g/mol. The second-order valence-electron chi connectivity index (χ2n) is 6.10. The average molecular weight is 310 g/mol. The van der Waals surface area contributed by atoms with Gasteiger partial charge in [0.15, 0.2) is 0 Å². The summed E-state index contributed by atoms with van der Waals surface area (Å²) in [6.07, 6.45) is 1.24. The van der Waals surface area contributed by atoms with Gasteiger partial charge in [0.2, 0.25) is 0 Å². The van der Waals surface area contributed by atoms with Crippen LogP contribution in [0.4, 0.5) is 5.69 Å². The van der Waals surface area contributed by atoms with Crippen LogP contribution >= 0.6 is 11.6 Å². The molecule has 0 unspecified atom stereocenters. The third-order valence-electron chi connectivity index (χ3n) is 4.03. The number of nitrogens with zero attached hydrogens (tertiary/aromatic N) is 2. The molecule has 4 heteroatoms. The summed E-state index contributed by atoms with van der Waals surface area (Å²) in [6, 6.07) is 6.74. The topological polar surface area (TPSA) is 18.5 Å². The maximum absolute atomic E-state index is 6.43. The number of anilines is 1. The standard InChI is InChI=1S/C17H28ClN3/c1-4-8-20-9-11-21(12-10-20)17-7-5-6-16(18)15(17)13-19-14(2)3/h5-7,14,19H,4,8-13H2,1-3H3. The quantitative estimate of drug-likeness (QED) is 0.869. The first kappa shape index (κ1) is 16.6. The largest absolute Gasteiger partial charge is 0.369 e. The van der Waals surface area contributed by atoms with E-state index in [1.807, 2.05) is 6.07 Å². The fourth-order valence-electron chi connectivity index (χ4n) is 2.85. The Morgan fingerprint density at radius 3 is 2.52 bits per heavy atom. The van der Waals surface area contributed by atoms with Gasteiger partial charge in [-0.3, -0.25) is 4.90 Å². The van der Waals surface area contributed by atoms with Gasteiger partial charge in [0.25, 0.3) is 0 Å². The van der Waals surface area contributed by atoms with Gasteiger partial charge in [-0.15, -0.1) is 0 Å². The van der Waals surface area contributed by atoms with Crippen molar-refractivity contribution in [1.29, 1.82) is 0 Å². The Morgan fingerprint density at radius 1 is 1.19 bits per heavy atom. The van der Waals surface area contributed by atoms with Crippen molar-refractivity contribution >= 4 is 17.3 Å². The second kappa shape index (κ2) is 8.02. The van der Waals surface area contributed by atoms with Crippen LogP contribution < -0.4 is 10.2 Å². The molecule has 0 radical (unpaired) electrons. The molecule has 118 valence electrons. The van der Waals surface area contributed by atoms with Crippen LogP contribution in [0.2, 0.25) is 5.02 Å². The van der Waals surface area contributed by atoms with E-state index in [9.17, 15) is 0 Å². The number of benzene rings is 1. The highest BCUT2D eigenvalue weighted by Gasteiger charge is 2.19. The molecule has 2 rings (SSSR count). The Morgan fingerprint density at radius 2 is 1.90 bits per heavy atom. The Balaban J connectivity index is 2.07. The molecule has 21 heavy (non-hydrogen) atoms. The van der Waals surface area contributed by atoms with Gasteiger partial charge in [-0.05, 0) is 25.1 Å². The molecule has 1 aliphatic heterocycles. The van der Waals surface area contributed by atoms with E-state index in [1.54, 1.807) is 0 Å². The van der Waals surface area contributed by atoms with E-state index < -0.39 is 0 Å². The summed E-state index contributed by atoms with van der Waals surface area (Å²) in [7, 11) is 0. The van der Waals surface area contributed by atoms with Crippen molar-refractivity contribution < 1.29 is 0 Å². The molecule has 1 fully saturated rings. The maximum atomic E-state index is 6.43. The Hall–Kier alpha value is -0.770. The lowest BCUT2D eigenvalue weighted by Crippen LogP contribution is -2.47. The number of halogens is 1. The van der Waals surface area contributed by atoms with E-state index >= 15 is 0 Å². The highest BCUT2D eigenvalue weighted by Crippen LogP contribution is 2.28. The Labute approximate surface area is 134 Å². The van der Waals surface area contributed by atoms with Crippen LogP contribution in [0.1, 0.15) is 32.8 Å². The van der Waals surface area contributed by atoms with E-state index in [0.29, 0.717) is 6.04 Å². The summed E-state index contributed by atoms with van der Waals surface area (Å²) in [5.74, 6) is 0. The van der Waals surface area contributed by atoms with Gasteiger partial charge in [-0.1, -0.05) is 38.4 Å². The first-order chi connectivity index (χ1) is 10.1. The van der Waals surface area contributed by atoms with Crippen LogP contribution in [0.25, 0.3) is 0 Å². The lowest BCUT2D eigenvalue weighted by molar-refractivity contribution is 0.258. The SMILES string of the molecule is CCCN1CCN(c2cccc(Cl)c2CNC(C)C)CC1. The van der Waals surface area contributed by atoms with Crippen molar-refractivity contribution in [3.63, 3.8) is 0 Å². The molecule has 0 spiro atoms. The van der Waals surface area contributed by atoms with E-state index in [0.717, 1.165) is 37.7 Å². The predicted octanol–water partition coefficient (Wildman–Crippen LogP) is 3.37. The molecule has 3 nitrogen and oxygen atoms in total. The summed E-state index contributed by atoms with van der Waals surface area (Å²) in [6.45, 7) is 13.1. The van der Waals surface area contributed by atoms with Gasteiger partial charge >= 0.3 is 0 Å². The second-order valence-corrected chi connectivity index (χ2v) is 6.51. The molecule has 0 bridgehead atoms. The van der Waals surface area contributed by atoms with Gasteiger partial charge in [0, 0.05) is 55.0 Å². The highest BCUT2D eigenvalue weighted by atomic mass is 35.5. The van der Waals surface area contributed by atoms with Gasteiger partial charge in [0.05, 0.1) is 0 Å². The lowest BCUT2D eigenvalue weighted by Gasteiger charge is -2.37. The molecule has 0 saturated carbocycles. The average Bonchev–Trinajstić information content (AvgIpc) is 2.47. The minimum absolute atomic E-state index is 0.468. The minimum Gasteiger partial charge on any atom is -0.369 e. The lowest BCUT2D eigenvalue weighted by atomic mass is 10.1. The summed E-state index contributed by atoms with van der Waals surface area (Å²) in [4.78, 5) is 5.03. The summed E-state index contributed by atoms with van der Waals surface area (Å²) < 4.78 is 0. The van der Waals surface area contributed by atoms with Crippen LogP contribution in [-0.2, 0) is 6.54 Å². The Bertz CT molecular complexity index is 440. The molecule has 1 heterocycles. The zero-order valence-corrected chi connectivity index (χ0v) is 14.3. The fourth-order valence-corrected chi connectivity index (χ4v) is 3.09. The number of rotatable bonds is 6. The molecular weight excluding hydrogens is 282 g/mol.